The maximum Gasteiger partial charge on any atom is 0.185 e. The van der Waals surface area contributed by atoms with Crippen LogP contribution in [-0.2, 0) is 0 Å². The molecular weight excluding hydrogens is 212 g/mol. The van der Waals surface area contributed by atoms with Crippen LogP contribution in [0.2, 0.25) is 0 Å². The van der Waals surface area contributed by atoms with Crippen molar-refractivity contribution < 1.29 is 9.53 Å². The number of hydrogen-bond acceptors (Lipinski definition) is 2. The van der Waals surface area contributed by atoms with Crippen LogP contribution in [0.25, 0.3) is 0 Å². The lowest BCUT2D eigenvalue weighted by atomic mass is 10.1. The molecule has 1 aromatic carbocycles. The first-order chi connectivity index (χ1) is 8.27. The Morgan fingerprint density at radius 1 is 1.29 bits per heavy atom. The molecule has 0 amide bonds. The van der Waals surface area contributed by atoms with Crippen molar-refractivity contribution in [3.05, 3.63) is 54.6 Å². The third kappa shape index (κ3) is 4.68. The van der Waals surface area contributed by atoms with Gasteiger partial charge >= 0.3 is 0 Å². The average Bonchev–Trinajstić information content (AvgIpc) is 2.38. The van der Waals surface area contributed by atoms with Gasteiger partial charge in [0.1, 0.15) is 5.75 Å². The highest BCUT2D eigenvalue weighted by Gasteiger charge is 2.00. The van der Waals surface area contributed by atoms with E-state index in [9.17, 15) is 4.79 Å². The Morgan fingerprint density at radius 2 is 2.00 bits per heavy atom. The molecule has 0 aromatic heterocycles. The molecule has 0 heterocycles. The molecule has 0 radical (unpaired) electrons. The first-order valence-corrected chi connectivity index (χ1v) is 5.73. The first-order valence-electron chi connectivity index (χ1n) is 5.73. The molecule has 0 unspecified atom stereocenters. The van der Waals surface area contributed by atoms with Crippen molar-refractivity contribution in [2.24, 2.45) is 0 Å². The van der Waals surface area contributed by atoms with Gasteiger partial charge in [-0.3, -0.25) is 4.79 Å². The topological polar surface area (TPSA) is 26.3 Å². The SMILES string of the molecule is C=CCCC/C=C/C(=O)c1ccc(OC)cc1. The predicted octanol–water partition coefficient (Wildman–Crippen LogP) is 3.79. The average molecular weight is 230 g/mol. The summed E-state index contributed by atoms with van der Waals surface area (Å²) in [5.74, 6) is 0.794. The Labute approximate surface area is 103 Å². The van der Waals surface area contributed by atoms with Gasteiger partial charge in [0.15, 0.2) is 5.78 Å². The van der Waals surface area contributed by atoms with Gasteiger partial charge in [-0.15, -0.1) is 6.58 Å². The largest absolute Gasteiger partial charge is 0.497 e. The zero-order valence-corrected chi connectivity index (χ0v) is 10.2. The van der Waals surface area contributed by atoms with Crippen LogP contribution in [-0.4, -0.2) is 12.9 Å². The molecule has 1 rings (SSSR count). The molecule has 0 saturated carbocycles. The van der Waals surface area contributed by atoms with Crippen LogP contribution >= 0.6 is 0 Å². The summed E-state index contributed by atoms with van der Waals surface area (Å²) in [5, 5.41) is 0. The van der Waals surface area contributed by atoms with Crippen molar-refractivity contribution in [2.75, 3.05) is 7.11 Å². The molecular formula is C15H18O2. The number of carbonyl (C=O) groups excluding carboxylic acids is 1. The van der Waals surface area contributed by atoms with Crippen molar-refractivity contribution in [1.82, 2.24) is 0 Å². The minimum absolute atomic E-state index is 0.0336. The fraction of sp³-hybridized carbons (Fsp3) is 0.267. The Hall–Kier alpha value is -1.83. The fourth-order valence-corrected chi connectivity index (χ4v) is 1.42. The lowest BCUT2D eigenvalue weighted by molar-refractivity contribution is 0.104. The number of ether oxygens (including phenoxy) is 1. The van der Waals surface area contributed by atoms with Gasteiger partial charge in [-0.25, -0.2) is 0 Å². The van der Waals surface area contributed by atoms with Gasteiger partial charge < -0.3 is 4.74 Å². The lowest BCUT2D eigenvalue weighted by Gasteiger charge is -1.99. The molecule has 0 saturated heterocycles. The molecule has 0 spiro atoms. The van der Waals surface area contributed by atoms with E-state index in [2.05, 4.69) is 6.58 Å². The van der Waals surface area contributed by atoms with Crippen molar-refractivity contribution in [2.45, 2.75) is 19.3 Å². The number of allylic oxidation sites excluding steroid dienone is 3. The van der Waals surface area contributed by atoms with Crippen LogP contribution in [0.1, 0.15) is 29.6 Å². The molecule has 0 bridgehead atoms. The summed E-state index contributed by atoms with van der Waals surface area (Å²) in [7, 11) is 1.61. The second-order valence-electron chi connectivity index (χ2n) is 3.71. The van der Waals surface area contributed by atoms with E-state index in [4.69, 9.17) is 4.74 Å². The second-order valence-corrected chi connectivity index (χ2v) is 3.71. The number of hydrogen-bond donors (Lipinski definition) is 0. The first kappa shape index (κ1) is 13.2. The predicted molar refractivity (Wildman–Crippen MR) is 70.5 cm³/mol. The van der Waals surface area contributed by atoms with Crippen LogP contribution < -0.4 is 4.74 Å². The fourth-order valence-electron chi connectivity index (χ4n) is 1.42. The van der Waals surface area contributed by atoms with Crippen molar-refractivity contribution in [3.63, 3.8) is 0 Å². The molecule has 2 nitrogen and oxygen atoms in total. The number of ketones is 1. The number of methoxy groups -OCH3 is 1. The van der Waals surface area contributed by atoms with Gasteiger partial charge in [0.05, 0.1) is 7.11 Å². The minimum Gasteiger partial charge on any atom is -0.497 e. The van der Waals surface area contributed by atoms with Gasteiger partial charge in [-0.1, -0.05) is 12.2 Å². The Kier molecular flexibility index (Phi) is 5.80. The van der Waals surface area contributed by atoms with Crippen molar-refractivity contribution in [1.29, 1.82) is 0 Å². The standard InChI is InChI=1S/C15H18O2/c1-3-4-5-6-7-8-15(16)13-9-11-14(17-2)12-10-13/h3,7-12H,1,4-6H2,2H3/b8-7+. The van der Waals surface area contributed by atoms with E-state index in [1.54, 1.807) is 37.5 Å². The lowest BCUT2D eigenvalue weighted by Crippen LogP contribution is -1.94. The summed E-state index contributed by atoms with van der Waals surface area (Å²) >= 11 is 0. The second kappa shape index (κ2) is 7.44. The zero-order chi connectivity index (χ0) is 12.5. The van der Waals surface area contributed by atoms with Gasteiger partial charge in [-0.05, 0) is 49.6 Å². The zero-order valence-electron chi connectivity index (χ0n) is 10.2. The molecule has 0 N–H and O–H groups in total. The van der Waals surface area contributed by atoms with Gasteiger partial charge in [0.2, 0.25) is 0 Å². The third-order valence-corrected chi connectivity index (χ3v) is 2.42. The smallest absolute Gasteiger partial charge is 0.185 e. The van der Waals surface area contributed by atoms with Crippen molar-refractivity contribution >= 4 is 5.78 Å². The van der Waals surface area contributed by atoms with E-state index in [0.717, 1.165) is 25.0 Å². The minimum atomic E-state index is 0.0336. The quantitative estimate of drug-likeness (QED) is 0.308. The Balaban J connectivity index is 2.48. The monoisotopic (exact) mass is 230 g/mol. The van der Waals surface area contributed by atoms with Crippen LogP contribution in [0.3, 0.4) is 0 Å². The molecule has 17 heavy (non-hydrogen) atoms. The maximum atomic E-state index is 11.7. The number of unbranched alkanes of at least 4 members (excludes halogenated alkanes) is 2. The molecule has 2 heteroatoms. The van der Waals surface area contributed by atoms with Gasteiger partial charge in [0.25, 0.3) is 0 Å². The maximum absolute atomic E-state index is 11.7. The summed E-state index contributed by atoms with van der Waals surface area (Å²) in [6.07, 6.45) is 8.37. The summed E-state index contributed by atoms with van der Waals surface area (Å²) in [6.45, 7) is 3.65. The highest BCUT2D eigenvalue weighted by Crippen LogP contribution is 2.12. The number of carbonyl (C=O) groups is 1. The molecule has 0 aliphatic heterocycles. The van der Waals surface area contributed by atoms with Crippen LogP contribution in [0, 0.1) is 0 Å². The normalized spacial score (nSPS) is 10.4. The van der Waals surface area contributed by atoms with E-state index >= 15 is 0 Å². The van der Waals surface area contributed by atoms with E-state index in [1.165, 1.54) is 0 Å². The third-order valence-electron chi connectivity index (χ3n) is 2.42. The van der Waals surface area contributed by atoms with E-state index in [-0.39, 0.29) is 5.78 Å². The molecule has 0 fully saturated rings. The molecule has 0 atom stereocenters. The van der Waals surface area contributed by atoms with E-state index < -0.39 is 0 Å². The highest BCUT2D eigenvalue weighted by atomic mass is 16.5. The Morgan fingerprint density at radius 3 is 2.59 bits per heavy atom. The highest BCUT2D eigenvalue weighted by molar-refractivity contribution is 6.04. The van der Waals surface area contributed by atoms with Gasteiger partial charge in [0, 0.05) is 5.56 Å². The van der Waals surface area contributed by atoms with Crippen molar-refractivity contribution in [3.8, 4) is 5.75 Å². The summed E-state index contributed by atoms with van der Waals surface area (Å²) in [4.78, 5) is 11.7. The summed E-state index contributed by atoms with van der Waals surface area (Å²) in [6, 6.07) is 7.13. The van der Waals surface area contributed by atoms with Crippen LogP contribution in [0.5, 0.6) is 5.75 Å². The number of benzene rings is 1. The van der Waals surface area contributed by atoms with Crippen LogP contribution in [0.4, 0.5) is 0 Å². The van der Waals surface area contributed by atoms with Crippen LogP contribution in [0.15, 0.2) is 49.1 Å². The van der Waals surface area contributed by atoms with E-state index in [1.807, 2.05) is 12.2 Å². The molecule has 0 aliphatic carbocycles. The summed E-state index contributed by atoms with van der Waals surface area (Å²) < 4.78 is 5.04. The number of rotatable bonds is 7. The Bertz CT molecular complexity index is 388. The molecule has 0 aliphatic rings. The summed E-state index contributed by atoms with van der Waals surface area (Å²) in [5.41, 5.74) is 0.686. The molecule has 1 aromatic rings. The van der Waals surface area contributed by atoms with E-state index in [0.29, 0.717) is 5.56 Å². The molecule has 90 valence electrons. The van der Waals surface area contributed by atoms with Gasteiger partial charge in [-0.2, -0.15) is 0 Å².